The van der Waals surface area contributed by atoms with Gasteiger partial charge in [-0.3, -0.25) is 9.78 Å². The second-order valence-electron chi connectivity index (χ2n) is 3.52. The quantitative estimate of drug-likeness (QED) is 0.832. The van der Waals surface area contributed by atoms with Crippen LogP contribution >= 0.6 is 35.4 Å². The molecule has 0 fully saturated rings. The Hall–Kier alpha value is -1.10. The third-order valence-electron chi connectivity index (χ3n) is 2.27. The largest absolute Gasteiger partial charge is 0.338 e. The molecule has 1 aromatic carbocycles. The average Bonchev–Trinajstić information content (AvgIpc) is 2.27. The molecule has 1 heterocycles. The van der Waals surface area contributed by atoms with E-state index < -0.39 is 0 Å². The van der Waals surface area contributed by atoms with Crippen molar-refractivity contribution >= 4 is 35.4 Å². The van der Waals surface area contributed by atoms with E-state index in [-0.39, 0.29) is 5.56 Å². The van der Waals surface area contributed by atoms with Gasteiger partial charge < -0.3 is 4.98 Å². The fourth-order valence-corrected chi connectivity index (χ4v) is 1.91. The van der Waals surface area contributed by atoms with Crippen LogP contribution in [0.1, 0.15) is 11.1 Å². The first-order chi connectivity index (χ1) is 8.06. The summed E-state index contributed by atoms with van der Waals surface area (Å²) in [6, 6.07) is 5.28. The zero-order valence-electron chi connectivity index (χ0n) is 8.59. The van der Waals surface area contributed by atoms with E-state index in [2.05, 4.69) is 9.97 Å². The van der Waals surface area contributed by atoms with E-state index in [4.69, 9.17) is 35.4 Å². The van der Waals surface area contributed by atoms with Crippen molar-refractivity contribution in [2.75, 3.05) is 0 Å². The first kappa shape index (κ1) is 12.4. The fourth-order valence-electron chi connectivity index (χ4n) is 1.44. The summed E-state index contributed by atoms with van der Waals surface area (Å²) < 4.78 is 0.313. The third-order valence-corrected chi connectivity index (χ3v) is 3.23. The maximum atomic E-state index is 11.6. The molecule has 6 heteroatoms. The van der Waals surface area contributed by atoms with Gasteiger partial charge in [0.15, 0.2) is 4.77 Å². The van der Waals surface area contributed by atoms with Crippen molar-refractivity contribution in [3.8, 4) is 0 Å². The molecule has 0 radical (unpaired) electrons. The predicted octanol–water partition coefficient (Wildman–Crippen LogP) is 3.33. The van der Waals surface area contributed by atoms with Crippen molar-refractivity contribution in [2.45, 2.75) is 6.42 Å². The van der Waals surface area contributed by atoms with Crippen molar-refractivity contribution in [1.82, 2.24) is 9.97 Å². The number of H-pyrrole nitrogens is 2. The minimum atomic E-state index is -0.195. The number of rotatable bonds is 2. The van der Waals surface area contributed by atoms with Crippen LogP contribution in [-0.4, -0.2) is 9.97 Å². The molecule has 0 aliphatic heterocycles. The molecule has 0 saturated heterocycles. The van der Waals surface area contributed by atoms with E-state index >= 15 is 0 Å². The van der Waals surface area contributed by atoms with Crippen LogP contribution < -0.4 is 5.56 Å². The Morgan fingerprint density at radius 1 is 1.24 bits per heavy atom. The Labute approximate surface area is 112 Å². The van der Waals surface area contributed by atoms with Crippen molar-refractivity contribution in [2.24, 2.45) is 0 Å². The van der Waals surface area contributed by atoms with Gasteiger partial charge >= 0.3 is 0 Å². The standard InChI is InChI=1S/C11H8Cl2N2OS/c12-8-2-1-6(4-9(8)13)3-7-5-14-11(17)15-10(7)16/h1-2,4-5H,3H2,(H2,14,15,16,17). The van der Waals surface area contributed by atoms with Gasteiger partial charge in [-0.1, -0.05) is 29.3 Å². The lowest BCUT2D eigenvalue weighted by Crippen LogP contribution is -2.13. The van der Waals surface area contributed by atoms with Crippen molar-refractivity contribution in [3.05, 3.63) is 60.7 Å². The molecule has 3 nitrogen and oxygen atoms in total. The molecule has 2 aromatic rings. The minimum Gasteiger partial charge on any atom is -0.338 e. The first-order valence-electron chi connectivity index (χ1n) is 4.81. The second-order valence-corrected chi connectivity index (χ2v) is 4.75. The lowest BCUT2D eigenvalue weighted by Gasteiger charge is -2.02. The number of hydrogen-bond donors (Lipinski definition) is 2. The summed E-state index contributed by atoms with van der Waals surface area (Å²) in [5.74, 6) is 0. The number of halogens is 2. The molecule has 0 unspecified atom stereocenters. The maximum absolute atomic E-state index is 11.6. The average molecular weight is 287 g/mol. The molecule has 0 amide bonds. The Morgan fingerprint density at radius 3 is 2.65 bits per heavy atom. The third kappa shape index (κ3) is 2.97. The van der Waals surface area contributed by atoms with Crippen LogP contribution in [-0.2, 0) is 6.42 Å². The van der Waals surface area contributed by atoms with Crippen LogP contribution in [0, 0.1) is 4.77 Å². The van der Waals surface area contributed by atoms with Gasteiger partial charge in [0.2, 0.25) is 0 Å². The smallest absolute Gasteiger partial charge is 0.255 e. The van der Waals surface area contributed by atoms with E-state index in [1.165, 1.54) is 0 Å². The van der Waals surface area contributed by atoms with Crippen LogP contribution in [0.4, 0.5) is 0 Å². The Morgan fingerprint density at radius 2 is 2.00 bits per heavy atom. The van der Waals surface area contributed by atoms with E-state index in [0.29, 0.717) is 26.8 Å². The zero-order valence-corrected chi connectivity index (χ0v) is 10.9. The maximum Gasteiger partial charge on any atom is 0.255 e. The van der Waals surface area contributed by atoms with Crippen LogP contribution in [0.15, 0.2) is 29.2 Å². The first-order valence-corrected chi connectivity index (χ1v) is 5.97. The summed E-state index contributed by atoms with van der Waals surface area (Å²) in [6.07, 6.45) is 2.07. The molecule has 0 saturated carbocycles. The fraction of sp³-hybridized carbons (Fsp3) is 0.0909. The number of aromatic amines is 2. The molecule has 2 rings (SSSR count). The second kappa shape index (κ2) is 5.04. The topological polar surface area (TPSA) is 48.6 Å². The predicted molar refractivity (Wildman–Crippen MR) is 71.5 cm³/mol. The number of hydrogen-bond acceptors (Lipinski definition) is 2. The molecular formula is C11H8Cl2N2OS. The van der Waals surface area contributed by atoms with E-state index in [1.807, 2.05) is 6.07 Å². The number of nitrogens with one attached hydrogen (secondary N) is 2. The van der Waals surface area contributed by atoms with Crippen molar-refractivity contribution in [3.63, 3.8) is 0 Å². The van der Waals surface area contributed by atoms with Crippen LogP contribution in [0.3, 0.4) is 0 Å². The highest BCUT2D eigenvalue weighted by Gasteiger charge is 2.04. The van der Waals surface area contributed by atoms with Gasteiger partial charge in [-0.15, -0.1) is 0 Å². The van der Waals surface area contributed by atoms with Gasteiger partial charge in [0.05, 0.1) is 10.0 Å². The molecule has 2 N–H and O–H groups in total. The number of aromatic nitrogens is 2. The SMILES string of the molecule is O=c1[nH]c(=S)[nH]cc1Cc1ccc(Cl)c(Cl)c1. The van der Waals surface area contributed by atoms with Crippen LogP contribution in [0.25, 0.3) is 0 Å². The summed E-state index contributed by atoms with van der Waals surface area (Å²) in [4.78, 5) is 16.9. The highest BCUT2D eigenvalue weighted by molar-refractivity contribution is 7.71. The van der Waals surface area contributed by atoms with Gasteiger partial charge in [0.1, 0.15) is 0 Å². The summed E-state index contributed by atoms with van der Waals surface area (Å²) in [6.45, 7) is 0. The van der Waals surface area contributed by atoms with Gasteiger partial charge in [-0.2, -0.15) is 0 Å². The van der Waals surface area contributed by atoms with Gasteiger partial charge in [0.25, 0.3) is 5.56 Å². The molecule has 1 aromatic heterocycles. The van der Waals surface area contributed by atoms with Crippen molar-refractivity contribution in [1.29, 1.82) is 0 Å². The molecular weight excluding hydrogens is 279 g/mol. The zero-order chi connectivity index (χ0) is 12.4. The summed E-state index contributed by atoms with van der Waals surface area (Å²) >= 11 is 16.5. The minimum absolute atomic E-state index is 0.195. The van der Waals surface area contributed by atoms with E-state index in [9.17, 15) is 4.79 Å². The van der Waals surface area contributed by atoms with Crippen molar-refractivity contribution < 1.29 is 0 Å². The summed E-state index contributed by atoms with van der Waals surface area (Å²) in [5.41, 5.74) is 1.31. The molecule has 0 bridgehead atoms. The molecule has 17 heavy (non-hydrogen) atoms. The van der Waals surface area contributed by atoms with Gasteiger partial charge in [-0.05, 0) is 29.9 Å². The van der Waals surface area contributed by atoms with E-state index in [0.717, 1.165) is 5.56 Å². The highest BCUT2D eigenvalue weighted by atomic mass is 35.5. The van der Waals surface area contributed by atoms with E-state index in [1.54, 1.807) is 18.3 Å². The summed E-state index contributed by atoms with van der Waals surface area (Å²) in [5, 5.41) is 0.973. The molecule has 0 aliphatic rings. The summed E-state index contributed by atoms with van der Waals surface area (Å²) in [7, 11) is 0. The number of benzene rings is 1. The molecule has 88 valence electrons. The Balaban J connectivity index is 2.35. The van der Waals surface area contributed by atoms with Crippen LogP contribution in [0.2, 0.25) is 10.0 Å². The lowest BCUT2D eigenvalue weighted by atomic mass is 10.1. The Bertz CT molecular complexity index is 663. The lowest BCUT2D eigenvalue weighted by molar-refractivity contribution is 1.01. The normalized spacial score (nSPS) is 10.5. The molecule has 0 atom stereocenters. The highest BCUT2D eigenvalue weighted by Crippen LogP contribution is 2.23. The Kier molecular flexibility index (Phi) is 3.66. The molecule has 0 aliphatic carbocycles. The monoisotopic (exact) mass is 286 g/mol. The van der Waals surface area contributed by atoms with Gasteiger partial charge in [-0.25, -0.2) is 0 Å². The van der Waals surface area contributed by atoms with Crippen LogP contribution in [0.5, 0.6) is 0 Å². The molecule has 0 spiro atoms. The van der Waals surface area contributed by atoms with Gasteiger partial charge in [0, 0.05) is 18.2 Å².